The molecule has 0 radical (unpaired) electrons. The van der Waals surface area contributed by atoms with Crippen LogP contribution in [0.4, 0.5) is 0 Å². The van der Waals surface area contributed by atoms with Crippen molar-refractivity contribution < 1.29 is 0 Å². The van der Waals surface area contributed by atoms with E-state index in [1.54, 1.807) is 0 Å². The minimum absolute atomic E-state index is 0.564. The Morgan fingerprint density at radius 3 is 2.32 bits per heavy atom. The Morgan fingerprint density at radius 1 is 0.789 bits per heavy atom. The zero-order valence-corrected chi connectivity index (χ0v) is 11.1. The quantitative estimate of drug-likeness (QED) is 0.719. The van der Waals surface area contributed by atoms with Crippen molar-refractivity contribution in [2.24, 2.45) is 5.73 Å². The molecule has 3 aromatic rings. The summed E-state index contributed by atoms with van der Waals surface area (Å²) in [5.74, 6) is 0. The molecule has 0 aromatic heterocycles. The van der Waals surface area contributed by atoms with Crippen molar-refractivity contribution in [3.05, 3.63) is 71.8 Å². The summed E-state index contributed by atoms with van der Waals surface area (Å²) in [6.07, 6.45) is 0. The maximum Gasteiger partial charge on any atom is 0.0184 e. The first-order valence-corrected chi connectivity index (χ1v) is 6.58. The second-order valence-electron chi connectivity index (χ2n) is 4.84. The molecule has 0 fully saturated rings. The molecule has 0 amide bonds. The van der Waals surface area contributed by atoms with Gasteiger partial charge in [0.2, 0.25) is 0 Å². The molecule has 0 heterocycles. The summed E-state index contributed by atoms with van der Waals surface area (Å²) < 4.78 is 0. The number of hydrogen-bond donors (Lipinski definition) is 1. The van der Waals surface area contributed by atoms with Gasteiger partial charge in [0.1, 0.15) is 0 Å². The van der Waals surface area contributed by atoms with Crippen LogP contribution in [0.25, 0.3) is 21.9 Å². The van der Waals surface area contributed by atoms with Gasteiger partial charge in [-0.3, -0.25) is 0 Å². The molecule has 0 bridgehead atoms. The minimum atomic E-state index is 0.564. The third-order valence-corrected chi connectivity index (χ3v) is 3.65. The van der Waals surface area contributed by atoms with E-state index < -0.39 is 0 Å². The topological polar surface area (TPSA) is 26.0 Å². The van der Waals surface area contributed by atoms with Crippen LogP contribution in [-0.2, 0) is 6.54 Å². The Labute approximate surface area is 113 Å². The van der Waals surface area contributed by atoms with Gasteiger partial charge in [-0.1, -0.05) is 60.7 Å². The molecule has 0 unspecified atom stereocenters. The molecule has 0 atom stereocenters. The van der Waals surface area contributed by atoms with Crippen molar-refractivity contribution in [3.63, 3.8) is 0 Å². The van der Waals surface area contributed by atoms with Crippen LogP contribution in [0, 0.1) is 6.92 Å². The molecule has 0 aliphatic heterocycles. The fraction of sp³-hybridized carbons (Fsp3) is 0.111. The highest BCUT2D eigenvalue weighted by Crippen LogP contribution is 2.33. The molecule has 3 rings (SSSR count). The van der Waals surface area contributed by atoms with Gasteiger partial charge in [0.15, 0.2) is 0 Å². The largest absolute Gasteiger partial charge is 0.326 e. The highest BCUT2D eigenvalue weighted by atomic mass is 14.5. The smallest absolute Gasteiger partial charge is 0.0184 e. The lowest BCUT2D eigenvalue weighted by atomic mass is 9.92. The van der Waals surface area contributed by atoms with E-state index in [2.05, 4.69) is 61.5 Å². The number of fused-ring (bicyclic) bond motifs is 1. The Morgan fingerprint density at radius 2 is 1.58 bits per heavy atom. The molecule has 19 heavy (non-hydrogen) atoms. The van der Waals surface area contributed by atoms with E-state index >= 15 is 0 Å². The van der Waals surface area contributed by atoms with Crippen LogP contribution in [0.3, 0.4) is 0 Å². The zero-order chi connectivity index (χ0) is 13.2. The summed E-state index contributed by atoms with van der Waals surface area (Å²) in [6.45, 7) is 2.72. The molecule has 3 aromatic carbocycles. The number of hydrogen-bond acceptors (Lipinski definition) is 1. The maximum absolute atomic E-state index is 5.92. The molecule has 0 aliphatic rings. The van der Waals surface area contributed by atoms with E-state index in [1.165, 1.54) is 33.0 Å². The highest BCUT2D eigenvalue weighted by Gasteiger charge is 2.09. The minimum Gasteiger partial charge on any atom is -0.326 e. The van der Waals surface area contributed by atoms with Gasteiger partial charge in [0.25, 0.3) is 0 Å². The standard InChI is InChI=1S/C18H17N/c1-13-6-5-9-17-16(13)11-10-15(12-19)18(17)14-7-3-2-4-8-14/h2-11H,12,19H2,1H3. The van der Waals surface area contributed by atoms with Crippen LogP contribution < -0.4 is 5.73 Å². The summed E-state index contributed by atoms with van der Waals surface area (Å²) in [6, 6.07) is 21.3. The fourth-order valence-corrected chi connectivity index (χ4v) is 2.68. The molecule has 0 aliphatic carbocycles. The molecular weight excluding hydrogens is 230 g/mol. The van der Waals surface area contributed by atoms with Gasteiger partial charge in [-0.2, -0.15) is 0 Å². The van der Waals surface area contributed by atoms with Gasteiger partial charge >= 0.3 is 0 Å². The SMILES string of the molecule is Cc1cccc2c(-c3ccccc3)c(CN)ccc12. The summed E-state index contributed by atoms with van der Waals surface area (Å²) in [7, 11) is 0. The van der Waals surface area contributed by atoms with Crippen molar-refractivity contribution in [1.29, 1.82) is 0 Å². The van der Waals surface area contributed by atoms with Gasteiger partial charge in [-0.25, -0.2) is 0 Å². The van der Waals surface area contributed by atoms with Crippen LogP contribution in [0.2, 0.25) is 0 Å². The molecule has 1 heteroatoms. The third kappa shape index (κ3) is 2.02. The lowest BCUT2D eigenvalue weighted by Crippen LogP contribution is -2.00. The van der Waals surface area contributed by atoms with Crippen molar-refractivity contribution in [2.75, 3.05) is 0 Å². The van der Waals surface area contributed by atoms with E-state index in [4.69, 9.17) is 5.73 Å². The average molecular weight is 247 g/mol. The van der Waals surface area contributed by atoms with Gasteiger partial charge < -0.3 is 5.73 Å². The first-order chi connectivity index (χ1) is 9.31. The van der Waals surface area contributed by atoms with Gasteiger partial charge in [0.05, 0.1) is 0 Å². The Hall–Kier alpha value is -2.12. The Kier molecular flexibility index (Phi) is 3.06. The van der Waals surface area contributed by atoms with E-state index in [0.717, 1.165) is 0 Å². The van der Waals surface area contributed by atoms with Crippen LogP contribution >= 0.6 is 0 Å². The Bertz CT molecular complexity index is 714. The molecule has 1 nitrogen and oxygen atoms in total. The molecule has 0 spiro atoms. The first-order valence-electron chi connectivity index (χ1n) is 6.58. The molecule has 0 saturated heterocycles. The predicted molar refractivity (Wildman–Crippen MR) is 82.0 cm³/mol. The van der Waals surface area contributed by atoms with Crippen molar-refractivity contribution in [3.8, 4) is 11.1 Å². The normalized spacial score (nSPS) is 10.8. The first kappa shape index (κ1) is 11.9. The fourth-order valence-electron chi connectivity index (χ4n) is 2.68. The molecule has 94 valence electrons. The number of aryl methyl sites for hydroxylation is 1. The number of benzene rings is 3. The molecule has 0 saturated carbocycles. The van der Waals surface area contributed by atoms with E-state index in [1.807, 2.05) is 6.07 Å². The monoisotopic (exact) mass is 247 g/mol. The predicted octanol–water partition coefficient (Wildman–Crippen LogP) is 4.27. The van der Waals surface area contributed by atoms with E-state index in [9.17, 15) is 0 Å². The van der Waals surface area contributed by atoms with E-state index in [0.29, 0.717) is 6.54 Å². The second kappa shape index (κ2) is 4.87. The summed E-state index contributed by atoms with van der Waals surface area (Å²) in [5.41, 5.74) is 10.9. The van der Waals surface area contributed by atoms with Crippen LogP contribution in [0.5, 0.6) is 0 Å². The number of rotatable bonds is 2. The van der Waals surface area contributed by atoms with Gasteiger partial charge in [-0.15, -0.1) is 0 Å². The number of nitrogens with two attached hydrogens (primary N) is 1. The second-order valence-corrected chi connectivity index (χ2v) is 4.84. The molecule has 2 N–H and O–H groups in total. The summed E-state index contributed by atoms with van der Waals surface area (Å²) in [4.78, 5) is 0. The lowest BCUT2D eigenvalue weighted by Gasteiger charge is -2.13. The van der Waals surface area contributed by atoms with Crippen molar-refractivity contribution in [1.82, 2.24) is 0 Å². The summed E-state index contributed by atoms with van der Waals surface area (Å²) >= 11 is 0. The maximum atomic E-state index is 5.92. The van der Waals surface area contributed by atoms with E-state index in [-0.39, 0.29) is 0 Å². The van der Waals surface area contributed by atoms with Crippen molar-refractivity contribution in [2.45, 2.75) is 13.5 Å². The highest BCUT2D eigenvalue weighted by molar-refractivity contribution is 5.99. The average Bonchev–Trinajstić information content (AvgIpc) is 2.47. The Balaban J connectivity index is 2.41. The van der Waals surface area contributed by atoms with Gasteiger partial charge in [0, 0.05) is 6.54 Å². The third-order valence-electron chi connectivity index (χ3n) is 3.65. The lowest BCUT2D eigenvalue weighted by molar-refractivity contribution is 1.08. The van der Waals surface area contributed by atoms with Crippen LogP contribution in [0.15, 0.2) is 60.7 Å². The van der Waals surface area contributed by atoms with Gasteiger partial charge in [-0.05, 0) is 39.9 Å². The summed E-state index contributed by atoms with van der Waals surface area (Å²) in [5, 5.41) is 2.59. The van der Waals surface area contributed by atoms with Crippen LogP contribution in [0.1, 0.15) is 11.1 Å². The van der Waals surface area contributed by atoms with Crippen molar-refractivity contribution >= 4 is 10.8 Å². The zero-order valence-electron chi connectivity index (χ0n) is 11.1. The molecular formula is C18H17N. The van der Waals surface area contributed by atoms with Crippen LogP contribution in [-0.4, -0.2) is 0 Å².